The third-order valence-corrected chi connectivity index (χ3v) is 2.71. The lowest BCUT2D eigenvalue weighted by molar-refractivity contribution is -0.153. The SMILES string of the molecule is O=C(O)[C@@H](Cc1ccccc1)N1C(=O)C=CC1=O. The van der Waals surface area contributed by atoms with Crippen LogP contribution in [0.25, 0.3) is 0 Å². The number of benzene rings is 1. The molecule has 2 amide bonds. The van der Waals surface area contributed by atoms with Gasteiger partial charge in [0.05, 0.1) is 0 Å². The van der Waals surface area contributed by atoms with E-state index in [-0.39, 0.29) is 6.42 Å². The number of carbonyl (C=O) groups is 3. The lowest BCUT2D eigenvalue weighted by Gasteiger charge is -2.22. The Kier molecular flexibility index (Phi) is 3.23. The van der Waals surface area contributed by atoms with Gasteiger partial charge in [-0.1, -0.05) is 30.3 Å². The Hall–Kier alpha value is -2.43. The molecule has 0 aliphatic carbocycles. The summed E-state index contributed by atoms with van der Waals surface area (Å²) in [4.78, 5) is 34.9. The summed E-state index contributed by atoms with van der Waals surface area (Å²) < 4.78 is 0. The van der Waals surface area contributed by atoms with Crippen LogP contribution in [0.15, 0.2) is 42.5 Å². The number of hydrogen-bond acceptors (Lipinski definition) is 3. The number of rotatable bonds is 4. The zero-order chi connectivity index (χ0) is 13.1. The quantitative estimate of drug-likeness (QED) is 0.788. The van der Waals surface area contributed by atoms with Crippen LogP contribution >= 0.6 is 0 Å². The van der Waals surface area contributed by atoms with Gasteiger partial charge in [-0.3, -0.25) is 14.5 Å². The van der Waals surface area contributed by atoms with Crippen molar-refractivity contribution in [2.24, 2.45) is 0 Å². The highest BCUT2D eigenvalue weighted by molar-refractivity contribution is 6.14. The predicted octanol–water partition coefficient (Wildman–Crippen LogP) is 0.607. The lowest BCUT2D eigenvalue weighted by Crippen LogP contribution is -2.46. The number of aliphatic carboxylic acids is 1. The first kappa shape index (κ1) is 12.0. The number of amides is 2. The second-order valence-corrected chi connectivity index (χ2v) is 3.92. The van der Waals surface area contributed by atoms with E-state index in [0.29, 0.717) is 0 Å². The van der Waals surface area contributed by atoms with Crippen molar-refractivity contribution < 1.29 is 19.5 Å². The summed E-state index contributed by atoms with van der Waals surface area (Å²) in [5.41, 5.74) is 0.761. The molecule has 1 heterocycles. The number of carboxylic acids is 1. The molecule has 0 bridgehead atoms. The molecule has 5 nitrogen and oxygen atoms in total. The third-order valence-electron chi connectivity index (χ3n) is 2.71. The second kappa shape index (κ2) is 4.83. The minimum absolute atomic E-state index is 0.106. The highest BCUT2D eigenvalue weighted by Crippen LogP contribution is 2.14. The molecule has 0 aromatic heterocycles. The van der Waals surface area contributed by atoms with Crippen LogP contribution in [0.2, 0.25) is 0 Å². The van der Waals surface area contributed by atoms with Crippen LogP contribution in [0.5, 0.6) is 0 Å². The van der Waals surface area contributed by atoms with Gasteiger partial charge in [0, 0.05) is 18.6 Å². The largest absolute Gasteiger partial charge is 0.480 e. The van der Waals surface area contributed by atoms with Gasteiger partial charge in [-0.2, -0.15) is 0 Å². The van der Waals surface area contributed by atoms with Crippen molar-refractivity contribution in [1.82, 2.24) is 4.90 Å². The summed E-state index contributed by atoms with van der Waals surface area (Å²) >= 11 is 0. The Bertz CT molecular complexity index is 503. The van der Waals surface area contributed by atoms with Gasteiger partial charge in [0.15, 0.2) is 0 Å². The molecule has 0 unspecified atom stereocenters. The minimum Gasteiger partial charge on any atom is -0.480 e. The average Bonchev–Trinajstić information content (AvgIpc) is 2.67. The molecule has 1 aliphatic rings. The third kappa shape index (κ3) is 2.29. The molecule has 1 aromatic carbocycles. The summed E-state index contributed by atoms with van der Waals surface area (Å²) in [6.07, 6.45) is 2.28. The number of nitrogens with zero attached hydrogens (tertiary/aromatic N) is 1. The fourth-order valence-electron chi connectivity index (χ4n) is 1.85. The number of hydrogen-bond donors (Lipinski definition) is 1. The second-order valence-electron chi connectivity index (χ2n) is 3.92. The molecule has 0 spiro atoms. The monoisotopic (exact) mass is 245 g/mol. The van der Waals surface area contributed by atoms with Crippen LogP contribution in [0.3, 0.4) is 0 Å². The number of carboxylic acid groups (broad SMARTS) is 1. The summed E-state index contributed by atoms with van der Waals surface area (Å²) in [6.45, 7) is 0. The van der Waals surface area contributed by atoms with Crippen molar-refractivity contribution in [3.05, 3.63) is 48.0 Å². The molecule has 1 aromatic rings. The molecule has 2 rings (SSSR count). The average molecular weight is 245 g/mol. The predicted molar refractivity (Wildman–Crippen MR) is 62.6 cm³/mol. The van der Waals surface area contributed by atoms with E-state index >= 15 is 0 Å². The maximum Gasteiger partial charge on any atom is 0.327 e. The molecule has 0 fully saturated rings. The first-order valence-electron chi connectivity index (χ1n) is 5.41. The molecular weight excluding hydrogens is 234 g/mol. The van der Waals surface area contributed by atoms with Crippen LogP contribution in [0.1, 0.15) is 5.56 Å². The van der Waals surface area contributed by atoms with E-state index in [1.54, 1.807) is 24.3 Å². The number of imide groups is 1. The smallest absolute Gasteiger partial charge is 0.327 e. The first-order valence-corrected chi connectivity index (χ1v) is 5.41. The topological polar surface area (TPSA) is 74.7 Å². The first-order chi connectivity index (χ1) is 8.59. The zero-order valence-corrected chi connectivity index (χ0v) is 9.45. The molecule has 0 saturated carbocycles. The highest BCUT2D eigenvalue weighted by atomic mass is 16.4. The van der Waals surface area contributed by atoms with Gasteiger partial charge in [0.25, 0.3) is 11.8 Å². The highest BCUT2D eigenvalue weighted by Gasteiger charge is 2.35. The Morgan fingerprint density at radius 2 is 1.67 bits per heavy atom. The van der Waals surface area contributed by atoms with Crippen LogP contribution < -0.4 is 0 Å². The lowest BCUT2D eigenvalue weighted by atomic mass is 10.0. The minimum atomic E-state index is -1.19. The van der Waals surface area contributed by atoms with Crippen molar-refractivity contribution in [2.75, 3.05) is 0 Å². The van der Waals surface area contributed by atoms with Gasteiger partial charge in [-0.15, -0.1) is 0 Å². The van der Waals surface area contributed by atoms with Crippen molar-refractivity contribution in [2.45, 2.75) is 12.5 Å². The molecule has 18 heavy (non-hydrogen) atoms. The zero-order valence-electron chi connectivity index (χ0n) is 9.45. The normalized spacial score (nSPS) is 16.1. The summed E-state index contributed by atoms with van der Waals surface area (Å²) in [5, 5.41) is 9.16. The Balaban J connectivity index is 2.22. The van der Waals surface area contributed by atoms with Crippen molar-refractivity contribution in [3.63, 3.8) is 0 Å². The molecule has 1 N–H and O–H groups in total. The maximum absolute atomic E-state index is 11.5. The van der Waals surface area contributed by atoms with E-state index in [2.05, 4.69) is 0 Å². The molecule has 0 saturated heterocycles. The number of carbonyl (C=O) groups excluding carboxylic acids is 2. The molecule has 1 atom stereocenters. The van der Waals surface area contributed by atoms with Crippen molar-refractivity contribution in [3.8, 4) is 0 Å². The van der Waals surface area contributed by atoms with E-state index in [4.69, 9.17) is 5.11 Å². The Labute approximate surface area is 103 Å². The van der Waals surface area contributed by atoms with Crippen LogP contribution in [0, 0.1) is 0 Å². The van der Waals surface area contributed by atoms with Crippen LogP contribution in [-0.4, -0.2) is 33.8 Å². The van der Waals surface area contributed by atoms with Crippen molar-refractivity contribution >= 4 is 17.8 Å². The van der Waals surface area contributed by atoms with E-state index in [9.17, 15) is 14.4 Å². The molecule has 92 valence electrons. The summed E-state index contributed by atoms with van der Waals surface area (Å²) in [5.74, 6) is -2.35. The fourth-order valence-corrected chi connectivity index (χ4v) is 1.85. The molecular formula is C13H11NO4. The van der Waals surface area contributed by atoms with Gasteiger partial charge in [0.1, 0.15) is 6.04 Å². The Morgan fingerprint density at radius 3 is 2.17 bits per heavy atom. The molecule has 5 heteroatoms. The van der Waals surface area contributed by atoms with Gasteiger partial charge in [-0.25, -0.2) is 4.79 Å². The fraction of sp³-hybridized carbons (Fsp3) is 0.154. The maximum atomic E-state index is 11.5. The van der Waals surface area contributed by atoms with E-state index in [0.717, 1.165) is 22.6 Å². The Morgan fingerprint density at radius 1 is 1.11 bits per heavy atom. The van der Waals surface area contributed by atoms with Gasteiger partial charge < -0.3 is 5.11 Å². The van der Waals surface area contributed by atoms with Gasteiger partial charge in [0.2, 0.25) is 0 Å². The summed E-state index contributed by atoms with van der Waals surface area (Å²) in [7, 11) is 0. The standard InChI is InChI=1S/C13H11NO4/c15-11-6-7-12(16)14(11)10(13(17)18)8-9-4-2-1-3-5-9/h1-7,10H,8H2,(H,17,18)/t10-/m1/s1. The molecule has 0 radical (unpaired) electrons. The molecule has 1 aliphatic heterocycles. The van der Waals surface area contributed by atoms with Gasteiger partial charge in [-0.05, 0) is 5.56 Å². The van der Waals surface area contributed by atoms with E-state index in [1.807, 2.05) is 6.07 Å². The van der Waals surface area contributed by atoms with Crippen LogP contribution in [-0.2, 0) is 20.8 Å². The van der Waals surface area contributed by atoms with E-state index in [1.165, 1.54) is 0 Å². The van der Waals surface area contributed by atoms with Crippen molar-refractivity contribution in [1.29, 1.82) is 0 Å². The summed E-state index contributed by atoms with van der Waals surface area (Å²) in [6, 6.07) is 7.72. The van der Waals surface area contributed by atoms with E-state index < -0.39 is 23.8 Å². The van der Waals surface area contributed by atoms with Crippen LogP contribution in [0.4, 0.5) is 0 Å². The van der Waals surface area contributed by atoms with Gasteiger partial charge >= 0.3 is 5.97 Å².